The van der Waals surface area contributed by atoms with Gasteiger partial charge >= 0.3 is 0 Å². The Morgan fingerprint density at radius 1 is 1.26 bits per heavy atom. The van der Waals surface area contributed by atoms with E-state index in [0.717, 1.165) is 24.2 Å². The summed E-state index contributed by atoms with van der Waals surface area (Å²) in [6.45, 7) is 5.45. The van der Waals surface area contributed by atoms with Gasteiger partial charge < -0.3 is 19.3 Å². The van der Waals surface area contributed by atoms with Crippen molar-refractivity contribution in [1.82, 2.24) is 0 Å². The highest BCUT2D eigenvalue weighted by Crippen LogP contribution is 2.33. The third-order valence-electron chi connectivity index (χ3n) is 3.25. The number of hydrogen-bond acceptors (Lipinski definition) is 4. The zero-order valence-electron chi connectivity index (χ0n) is 11.6. The number of rotatable bonds is 7. The second-order valence-electron chi connectivity index (χ2n) is 4.57. The number of aliphatic hydroxyl groups is 1. The van der Waals surface area contributed by atoms with E-state index in [9.17, 15) is 5.11 Å². The molecule has 0 radical (unpaired) electrons. The van der Waals surface area contributed by atoms with Crippen LogP contribution in [0.4, 0.5) is 0 Å². The van der Waals surface area contributed by atoms with Crippen molar-refractivity contribution in [3.8, 4) is 5.75 Å². The summed E-state index contributed by atoms with van der Waals surface area (Å²) >= 11 is 0. The molecule has 4 nitrogen and oxygen atoms in total. The fourth-order valence-electron chi connectivity index (χ4n) is 2.34. The van der Waals surface area contributed by atoms with Crippen LogP contribution in [0.1, 0.15) is 37.5 Å². The van der Waals surface area contributed by atoms with Crippen molar-refractivity contribution in [2.75, 3.05) is 19.8 Å². The Morgan fingerprint density at radius 2 is 2.00 bits per heavy atom. The SMILES string of the molecule is CCOC(COc1ccc2c(c1)CC[C@H]2O)OCC. The molecule has 0 unspecified atom stereocenters. The summed E-state index contributed by atoms with van der Waals surface area (Å²) in [6.07, 6.45) is 1.07. The average molecular weight is 266 g/mol. The Balaban J connectivity index is 1.92. The largest absolute Gasteiger partial charge is 0.488 e. The van der Waals surface area contributed by atoms with Gasteiger partial charge in [0.25, 0.3) is 0 Å². The summed E-state index contributed by atoms with van der Waals surface area (Å²) in [5, 5.41) is 9.75. The van der Waals surface area contributed by atoms with Crippen molar-refractivity contribution >= 4 is 0 Å². The second-order valence-corrected chi connectivity index (χ2v) is 4.57. The quantitative estimate of drug-likeness (QED) is 0.770. The van der Waals surface area contributed by atoms with Crippen LogP contribution in [0.5, 0.6) is 5.75 Å². The van der Waals surface area contributed by atoms with Crippen molar-refractivity contribution < 1.29 is 19.3 Å². The van der Waals surface area contributed by atoms with E-state index in [1.54, 1.807) is 0 Å². The Labute approximate surface area is 114 Å². The number of aliphatic hydroxyl groups excluding tert-OH is 1. The van der Waals surface area contributed by atoms with Crippen LogP contribution >= 0.6 is 0 Å². The van der Waals surface area contributed by atoms with E-state index in [1.165, 1.54) is 5.56 Å². The first-order valence-corrected chi connectivity index (χ1v) is 6.91. The topological polar surface area (TPSA) is 47.9 Å². The molecule has 1 aliphatic carbocycles. The van der Waals surface area contributed by atoms with Crippen molar-refractivity contribution in [3.63, 3.8) is 0 Å². The lowest BCUT2D eigenvalue weighted by Gasteiger charge is -2.17. The maximum atomic E-state index is 9.75. The van der Waals surface area contributed by atoms with Gasteiger partial charge in [-0.1, -0.05) is 6.07 Å². The smallest absolute Gasteiger partial charge is 0.191 e. The minimum atomic E-state index is -0.325. The fraction of sp³-hybridized carbons (Fsp3) is 0.600. The first-order chi connectivity index (χ1) is 9.24. The molecule has 0 heterocycles. The van der Waals surface area contributed by atoms with Gasteiger partial charge in [0.2, 0.25) is 0 Å². The molecule has 1 aliphatic rings. The van der Waals surface area contributed by atoms with Gasteiger partial charge in [0.05, 0.1) is 6.10 Å². The molecule has 0 saturated carbocycles. The van der Waals surface area contributed by atoms with Crippen LogP contribution in [0.15, 0.2) is 18.2 Å². The highest BCUT2D eigenvalue weighted by Gasteiger charge is 2.20. The molecule has 0 aliphatic heterocycles. The normalized spacial score (nSPS) is 17.8. The lowest BCUT2D eigenvalue weighted by atomic mass is 10.1. The minimum absolute atomic E-state index is 0.316. The van der Waals surface area contributed by atoms with Crippen LogP contribution in [0.3, 0.4) is 0 Å². The number of ether oxygens (including phenoxy) is 3. The van der Waals surface area contributed by atoms with Gasteiger partial charge in [-0.05, 0) is 49.9 Å². The predicted molar refractivity (Wildman–Crippen MR) is 72.3 cm³/mol. The van der Waals surface area contributed by atoms with Gasteiger partial charge in [0, 0.05) is 13.2 Å². The van der Waals surface area contributed by atoms with Gasteiger partial charge in [-0.3, -0.25) is 0 Å². The number of fused-ring (bicyclic) bond motifs is 1. The van der Waals surface area contributed by atoms with Crippen LogP contribution in [0, 0.1) is 0 Å². The van der Waals surface area contributed by atoms with E-state index in [2.05, 4.69) is 0 Å². The van der Waals surface area contributed by atoms with E-state index in [1.807, 2.05) is 32.0 Å². The van der Waals surface area contributed by atoms with Crippen LogP contribution in [-0.4, -0.2) is 31.2 Å². The summed E-state index contributed by atoms with van der Waals surface area (Å²) in [5.74, 6) is 0.803. The lowest BCUT2D eigenvalue weighted by Crippen LogP contribution is -2.25. The Morgan fingerprint density at radius 3 is 2.68 bits per heavy atom. The van der Waals surface area contributed by atoms with Crippen molar-refractivity contribution in [3.05, 3.63) is 29.3 Å². The molecule has 1 atom stereocenters. The maximum Gasteiger partial charge on any atom is 0.191 e. The molecule has 4 heteroatoms. The van der Waals surface area contributed by atoms with E-state index in [0.29, 0.717) is 19.8 Å². The fourth-order valence-corrected chi connectivity index (χ4v) is 2.34. The van der Waals surface area contributed by atoms with Crippen LogP contribution in [0.25, 0.3) is 0 Å². The molecule has 0 aromatic heterocycles. The molecule has 0 bridgehead atoms. The zero-order chi connectivity index (χ0) is 13.7. The number of aryl methyl sites for hydroxylation is 1. The minimum Gasteiger partial charge on any atom is -0.488 e. The standard InChI is InChI=1S/C15H22O4/c1-3-17-15(18-4-2)10-19-12-6-7-13-11(9-12)5-8-14(13)16/h6-7,9,14-16H,3-5,8,10H2,1-2H3/t14-/m1/s1. The van der Waals surface area contributed by atoms with Crippen molar-refractivity contribution in [2.24, 2.45) is 0 Å². The molecule has 1 aromatic carbocycles. The molecule has 0 saturated heterocycles. The molecule has 106 valence electrons. The molecular formula is C15H22O4. The average Bonchev–Trinajstić information content (AvgIpc) is 2.78. The number of hydrogen-bond donors (Lipinski definition) is 1. The van der Waals surface area contributed by atoms with Gasteiger partial charge in [-0.2, -0.15) is 0 Å². The van der Waals surface area contributed by atoms with Crippen molar-refractivity contribution in [2.45, 2.75) is 39.1 Å². The highest BCUT2D eigenvalue weighted by atomic mass is 16.7. The molecule has 1 N–H and O–H groups in total. The third-order valence-corrected chi connectivity index (χ3v) is 3.25. The van der Waals surface area contributed by atoms with E-state index < -0.39 is 0 Å². The molecule has 19 heavy (non-hydrogen) atoms. The first kappa shape index (κ1) is 14.3. The molecule has 0 spiro atoms. The van der Waals surface area contributed by atoms with Crippen LogP contribution in [-0.2, 0) is 15.9 Å². The summed E-state index contributed by atoms with van der Waals surface area (Å²) < 4.78 is 16.6. The number of benzene rings is 1. The summed E-state index contributed by atoms with van der Waals surface area (Å²) in [5.41, 5.74) is 2.20. The third kappa shape index (κ3) is 3.69. The van der Waals surface area contributed by atoms with E-state index in [-0.39, 0.29) is 12.4 Å². The maximum absolute atomic E-state index is 9.75. The van der Waals surface area contributed by atoms with E-state index in [4.69, 9.17) is 14.2 Å². The zero-order valence-corrected chi connectivity index (χ0v) is 11.6. The Kier molecular flexibility index (Phi) is 5.19. The van der Waals surface area contributed by atoms with Crippen LogP contribution < -0.4 is 4.74 Å². The van der Waals surface area contributed by atoms with Gasteiger partial charge in [0.1, 0.15) is 12.4 Å². The molecule has 0 amide bonds. The second kappa shape index (κ2) is 6.89. The summed E-state index contributed by atoms with van der Waals surface area (Å²) in [6, 6.07) is 5.83. The van der Waals surface area contributed by atoms with Gasteiger partial charge in [-0.15, -0.1) is 0 Å². The summed E-state index contributed by atoms with van der Waals surface area (Å²) in [4.78, 5) is 0. The van der Waals surface area contributed by atoms with Gasteiger partial charge in [0.15, 0.2) is 6.29 Å². The summed E-state index contributed by atoms with van der Waals surface area (Å²) in [7, 11) is 0. The van der Waals surface area contributed by atoms with Crippen molar-refractivity contribution in [1.29, 1.82) is 0 Å². The molecule has 0 fully saturated rings. The van der Waals surface area contributed by atoms with Crippen LogP contribution in [0.2, 0.25) is 0 Å². The Hall–Kier alpha value is -1.10. The van der Waals surface area contributed by atoms with Gasteiger partial charge in [-0.25, -0.2) is 0 Å². The molecule has 1 aromatic rings. The van der Waals surface area contributed by atoms with E-state index >= 15 is 0 Å². The lowest BCUT2D eigenvalue weighted by molar-refractivity contribution is -0.152. The predicted octanol–water partition coefficient (Wildman–Crippen LogP) is 2.44. The molecular weight excluding hydrogens is 244 g/mol. The Bertz CT molecular complexity index is 399. The monoisotopic (exact) mass is 266 g/mol. The molecule has 2 rings (SSSR count). The highest BCUT2D eigenvalue weighted by molar-refractivity contribution is 5.39. The first-order valence-electron chi connectivity index (χ1n) is 6.91.